The third kappa shape index (κ3) is 2.87. The summed E-state index contributed by atoms with van der Waals surface area (Å²) in [5.74, 6) is 0.594. The Labute approximate surface area is 134 Å². The van der Waals surface area contributed by atoms with Gasteiger partial charge < -0.3 is 10.0 Å². The van der Waals surface area contributed by atoms with Gasteiger partial charge in [-0.05, 0) is 18.6 Å². The lowest BCUT2D eigenvalue weighted by atomic mass is 10.0. The van der Waals surface area contributed by atoms with Crippen molar-refractivity contribution >= 4 is 16.9 Å². The number of aliphatic imine (C=N–C) groups is 1. The zero-order valence-electron chi connectivity index (χ0n) is 12.5. The highest BCUT2D eigenvalue weighted by molar-refractivity contribution is 8.14. The van der Waals surface area contributed by atoms with E-state index in [9.17, 15) is 5.11 Å². The third-order valence-corrected chi connectivity index (χ3v) is 4.91. The minimum atomic E-state index is -0.978. The molecule has 22 heavy (non-hydrogen) atoms. The van der Waals surface area contributed by atoms with Gasteiger partial charge >= 0.3 is 0 Å². The van der Waals surface area contributed by atoms with E-state index < -0.39 is 5.72 Å². The van der Waals surface area contributed by atoms with Crippen LogP contribution in [-0.2, 0) is 12.3 Å². The van der Waals surface area contributed by atoms with Crippen molar-refractivity contribution in [3.05, 3.63) is 66.0 Å². The van der Waals surface area contributed by atoms with E-state index in [2.05, 4.69) is 9.98 Å². The highest BCUT2D eigenvalue weighted by atomic mass is 32.2. The lowest BCUT2D eigenvalue weighted by molar-refractivity contribution is -0.0453. The number of nitrogens with zero attached hydrogens (tertiary/aromatic N) is 3. The molecule has 0 bridgehead atoms. The smallest absolute Gasteiger partial charge is 0.175 e. The Bertz CT molecular complexity index is 647. The van der Waals surface area contributed by atoms with Gasteiger partial charge in [0.05, 0.1) is 12.3 Å². The number of pyridine rings is 1. The Kier molecular flexibility index (Phi) is 4.45. The van der Waals surface area contributed by atoms with Gasteiger partial charge in [-0.1, -0.05) is 48.2 Å². The second-order valence-electron chi connectivity index (χ2n) is 5.18. The van der Waals surface area contributed by atoms with Gasteiger partial charge in [0.25, 0.3) is 0 Å². The largest absolute Gasteiger partial charge is 0.366 e. The van der Waals surface area contributed by atoms with Crippen molar-refractivity contribution in [3.63, 3.8) is 0 Å². The van der Waals surface area contributed by atoms with Crippen LogP contribution in [0.2, 0.25) is 0 Å². The minimum absolute atomic E-state index is 0.581. The topological polar surface area (TPSA) is 48.7 Å². The van der Waals surface area contributed by atoms with Crippen molar-refractivity contribution in [1.82, 2.24) is 9.88 Å². The summed E-state index contributed by atoms with van der Waals surface area (Å²) in [6.45, 7) is 3.33. The predicted molar refractivity (Wildman–Crippen MR) is 90.6 cm³/mol. The maximum atomic E-state index is 11.1. The van der Waals surface area contributed by atoms with Crippen LogP contribution in [0.3, 0.4) is 0 Å². The molecule has 0 aliphatic carbocycles. The molecule has 0 amide bonds. The molecule has 1 atom stereocenters. The number of hydrogen-bond acceptors (Lipinski definition) is 4. The first-order valence-electron chi connectivity index (χ1n) is 7.35. The highest BCUT2D eigenvalue weighted by Crippen LogP contribution is 2.38. The van der Waals surface area contributed by atoms with Crippen LogP contribution in [0.4, 0.5) is 0 Å². The SMILES string of the molecule is CCN1C(=NCc2cccnc2)SC[C@@]1(O)c1ccccc1. The molecule has 1 fully saturated rings. The van der Waals surface area contributed by atoms with Gasteiger partial charge in [0, 0.05) is 24.5 Å². The molecule has 1 N–H and O–H groups in total. The third-order valence-electron chi connectivity index (χ3n) is 3.75. The van der Waals surface area contributed by atoms with Crippen LogP contribution in [0.15, 0.2) is 59.9 Å². The number of rotatable bonds is 4. The molecule has 0 spiro atoms. The van der Waals surface area contributed by atoms with Crippen LogP contribution in [0.5, 0.6) is 0 Å². The van der Waals surface area contributed by atoms with Gasteiger partial charge in [0.1, 0.15) is 0 Å². The first-order valence-corrected chi connectivity index (χ1v) is 8.34. The Morgan fingerprint density at radius 2 is 2.09 bits per heavy atom. The molecule has 1 aromatic carbocycles. The normalized spacial score (nSPS) is 23.2. The molecule has 1 aliphatic rings. The monoisotopic (exact) mass is 313 g/mol. The van der Waals surface area contributed by atoms with Crippen molar-refractivity contribution < 1.29 is 5.11 Å². The predicted octanol–water partition coefficient (Wildman–Crippen LogP) is 2.85. The fourth-order valence-electron chi connectivity index (χ4n) is 2.60. The summed E-state index contributed by atoms with van der Waals surface area (Å²) >= 11 is 1.60. The first-order chi connectivity index (χ1) is 10.7. The van der Waals surface area contributed by atoms with Crippen molar-refractivity contribution in [1.29, 1.82) is 0 Å². The van der Waals surface area contributed by atoms with E-state index in [1.54, 1.807) is 18.0 Å². The maximum Gasteiger partial charge on any atom is 0.175 e. The summed E-state index contributed by atoms with van der Waals surface area (Å²) < 4.78 is 0. The minimum Gasteiger partial charge on any atom is -0.366 e. The number of benzene rings is 1. The molecule has 114 valence electrons. The van der Waals surface area contributed by atoms with Gasteiger partial charge in [0.2, 0.25) is 0 Å². The van der Waals surface area contributed by atoms with Gasteiger partial charge in [-0.15, -0.1) is 0 Å². The lowest BCUT2D eigenvalue weighted by Gasteiger charge is -2.33. The average molecular weight is 313 g/mol. The van der Waals surface area contributed by atoms with E-state index in [4.69, 9.17) is 0 Å². The van der Waals surface area contributed by atoms with E-state index in [1.807, 2.05) is 60.5 Å². The fraction of sp³-hybridized carbons (Fsp3) is 0.294. The van der Waals surface area contributed by atoms with Crippen LogP contribution < -0.4 is 0 Å². The van der Waals surface area contributed by atoms with Crippen LogP contribution in [0.1, 0.15) is 18.1 Å². The average Bonchev–Trinajstić information content (AvgIpc) is 2.92. The molecule has 1 aromatic heterocycles. The quantitative estimate of drug-likeness (QED) is 0.943. The Morgan fingerprint density at radius 3 is 2.77 bits per heavy atom. The number of aliphatic hydroxyl groups is 1. The number of hydrogen-bond donors (Lipinski definition) is 1. The van der Waals surface area contributed by atoms with Gasteiger partial charge in [-0.25, -0.2) is 0 Å². The molecular weight excluding hydrogens is 294 g/mol. The second-order valence-corrected chi connectivity index (χ2v) is 6.12. The van der Waals surface area contributed by atoms with E-state index in [0.717, 1.165) is 16.3 Å². The molecule has 1 saturated heterocycles. The maximum absolute atomic E-state index is 11.1. The van der Waals surface area contributed by atoms with Crippen molar-refractivity contribution in [2.75, 3.05) is 12.3 Å². The molecule has 5 heteroatoms. The summed E-state index contributed by atoms with van der Waals surface area (Å²) in [7, 11) is 0. The fourth-order valence-corrected chi connectivity index (χ4v) is 3.85. The molecule has 4 nitrogen and oxygen atoms in total. The molecule has 3 rings (SSSR count). The summed E-state index contributed by atoms with van der Waals surface area (Å²) in [4.78, 5) is 10.8. The molecule has 2 aromatic rings. The zero-order chi connectivity index (χ0) is 15.4. The Hall–Kier alpha value is -1.85. The van der Waals surface area contributed by atoms with E-state index in [1.165, 1.54) is 0 Å². The van der Waals surface area contributed by atoms with E-state index in [0.29, 0.717) is 18.8 Å². The summed E-state index contributed by atoms with van der Waals surface area (Å²) in [6.07, 6.45) is 3.58. The molecular formula is C17H19N3OS. The molecule has 0 unspecified atom stereocenters. The van der Waals surface area contributed by atoms with Crippen LogP contribution in [0, 0.1) is 0 Å². The number of amidine groups is 1. The number of thioether (sulfide) groups is 1. The van der Waals surface area contributed by atoms with Crippen LogP contribution in [-0.4, -0.2) is 32.5 Å². The second kappa shape index (κ2) is 6.50. The summed E-state index contributed by atoms with van der Waals surface area (Å²) in [5.41, 5.74) is 1.01. The lowest BCUT2D eigenvalue weighted by Crippen LogP contribution is -2.44. The molecule has 0 radical (unpaired) electrons. The van der Waals surface area contributed by atoms with Crippen molar-refractivity contribution in [3.8, 4) is 0 Å². The Balaban J connectivity index is 1.83. The van der Waals surface area contributed by atoms with Crippen LogP contribution in [0.25, 0.3) is 0 Å². The number of aromatic nitrogens is 1. The highest BCUT2D eigenvalue weighted by Gasteiger charge is 2.43. The van der Waals surface area contributed by atoms with Gasteiger partial charge in [-0.3, -0.25) is 9.98 Å². The van der Waals surface area contributed by atoms with Gasteiger partial charge in [0.15, 0.2) is 10.9 Å². The van der Waals surface area contributed by atoms with Crippen molar-refractivity contribution in [2.24, 2.45) is 4.99 Å². The standard InChI is InChI=1S/C17H19N3OS/c1-2-20-16(19-12-14-7-6-10-18-11-14)22-13-17(20,21)15-8-4-3-5-9-15/h3-11,21H,2,12-13H2,1H3/t17-/m1/s1. The van der Waals surface area contributed by atoms with E-state index in [-0.39, 0.29) is 0 Å². The van der Waals surface area contributed by atoms with E-state index >= 15 is 0 Å². The zero-order valence-corrected chi connectivity index (χ0v) is 13.3. The first kappa shape index (κ1) is 15.1. The van der Waals surface area contributed by atoms with Crippen LogP contribution >= 0.6 is 11.8 Å². The molecule has 0 saturated carbocycles. The summed E-state index contributed by atoms with van der Waals surface area (Å²) in [5, 5.41) is 12.0. The van der Waals surface area contributed by atoms with Gasteiger partial charge in [-0.2, -0.15) is 0 Å². The van der Waals surface area contributed by atoms with Crippen molar-refractivity contribution in [2.45, 2.75) is 19.2 Å². The molecule has 2 heterocycles. The summed E-state index contributed by atoms with van der Waals surface area (Å²) in [6, 6.07) is 13.7. The molecule has 1 aliphatic heterocycles. The Morgan fingerprint density at radius 1 is 1.27 bits per heavy atom.